The van der Waals surface area contributed by atoms with Gasteiger partial charge in [0.25, 0.3) is 6.29 Å². The maximum absolute atomic E-state index is 13.0. The normalized spacial score (nSPS) is 13.7. The van der Waals surface area contributed by atoms with Crippen LogP contribution >= 0.6 is 0 Å². The average molecular weight is 1370 g/mol. The summed E-state index contributed by atoms with van der Waals surface area (Å²) in [6, 6.07) is 0. The molecule has 0 heterocycles. The third-order valence-corrected chi connectivity index (χ3v) is 16.7. The van der Waals surface area contributed by atoms with Crippen LogP contribution in [0, 0.1) is 0 Å². The van der Waals surface area contributed by atoms with E-state index in [1.54, 1.807) is 0 Å². The highest BCUT2D eigenvalue weighted by Gasteiger charge is 2.25. The molecule has 0 aliphatic carbocycles. The summed E-state index contributed by atoms with van der Waals surface area (Å²) in [5, 5.41) is 9.78. The summed E-state index contributed by atoms with van der Waals surface area (Å²) in [5.74, 6) is -2.01. The number of aliphatic carboxylic acids is 1. The Kier molecular flexibility index (Phi) is 73.7. The quantitative estimate of drug-likeness (QED) is 0.0211. The summed E-state index contributed by atoms with van der Waals surface area (Å²) in [7, 11) is 5.98. The molecule has 0 aliphatic rings. The number of allylic oxidation sites excluding steroid dienone is 30. The zero-order valence-corrected chi connectivity index (χ0v) is 64.1. The van der Waals surface area contributed by atoms with E-state index in [-0.39, 0.29) is 32.2 Å². The van der Waals surface area contributed by atoms with Crippen LogP contribution in [-0.2, 0) is 33.3 Å². The molecule has 99 heavy (non-hydrogen) atoms. The first-order valence-corrected chi connectivity index (χ1v) is 39.9. The Bertz CT molecular complexity index is 2290. The van der Waals surface area contributed by atoms with Gasteiger partial charge in [0.05, 0.1) is 34.4 Å². The van der Waals surface area contributed by atoms with Gasteiger partial charge in [-0.15, -0.1) is 0 Å². The highest BCUT2D eigenvalue weighted by Crippen LogP contribution is 2.17. The lowest BCUT2D eigenvalue weighted by Gasteiger charge is -2.25. The Morgan fingerprint density at radius 2 is 0.545 bits per heavy atom. The van der Waals surface area contributed by atoms with Gasteiger partial charge in [-0.25, -0.2) is 4.79 Å². The fourth-order valence-corrected chi connectivity index (χ4v) is 10.7. The van der Waals surface area contributed by atoms with E-state index in [9.17, 15) is 19.5 Å². The maximum atomic E-state index is 13.0. The number of carboxylic acids is 1. The van der Waals surface area contributed by atoms with Gasteiger partial charge in [-0.1, -0.05) is 344 Å². The number of carbonyl (C=O) groups is 3. The fourth-order valence-electron chi connectivity index (χ4n) is 10.7. The SMILES string of the molecule is CC/C=C\C/C=C\C/C=C\C/C=C\C/C=C\C/C=C\C/C=C\C/C=C\CCCCCCCCCCCCC(=O)OC(COC(=O)CCCCCCCCCCCCCCCCCCC/C=C\C/C=C\C/C=C\C/C=C\C/C=C\C/C=C\C/C=C\CC)COC(OCC[N+](C)(C)C)C(=O)O. The molecule has 0 aromatic heterocycles. The van der Waals surface area contributed by atoms with Crippen molar-refractivity contribution in [3.8, 4) is 0 Å². The molecular formula is C90H148NO8+. The van der Waals surface area contributed by atoms with Crippen molar-refractivity contribution in [2.24, 2.45) is 0 Å². The number of quaternary nitrogens is 1. The summed E-state index contributed by atoms with van der Waals surface area (Å²) in [6.45, 7) is 4.65. The Balaban J connectivity index is 4.09. The first-order chi connectivity index (χ1) is 48.6. The van der Waals surface area contributed by atoms with Gasteiger partial charge < -0.3 is 28.5 Å². The first kappa shape index (κ1) is 93.4. The Morgan fingerprint density at radius 1 is 0.303 bits per heavy atom. The van der Waals surface area contributed by atoms with Crippen molar-refractivity contribution in [2.75, 3.05) is 47.5 Å². The van der Waals surface area contributed by atoms with Crippen molar-refractivity contribution in [1.29, 1.82) is 0 Å². The van der Waals surface area contributed by atoms with Crippen molar-refractivity contribution >= 4 is 17.9 Å². The first-order valence-electron chi connectivity index (χ1n) is 39.9. The number of likely N-dealkylation sites (N-methyl/N-ethyl adjacent to an activating group) is 1. The van der Waals surface area contributed by atoms with E-state index in [2.05, 4.69) is 196 Å². The van der Waals surface area contributed by atoms with Crippen LogP contribution < -0.4 is 0 Å². The summed E-state index contributed by atoms with van der Waals surface area (Å²) in [5.41, 5.74) is 0. The number of nitrogens with zero attached hydrogens (tertiary/aromatic N) is 1. The Morgan fingerprint density at radius 3 is 0.808 bits per heavy atom. The second-order valence-electron chi connectivity index (χ2n) is 27.3. The highest BCUT2D eigenvalue weighted by atomic mass is 16.7. The predicted molar refractivity (Wildman–Crippen MR) is 428 cm³/mol. The number of ether oxygens (including phenoxy) is 4. The van der Waals surface area contributed by atoms with Gasteiger partial charge in [0.15, 0.2) is 6.10 Å². The van der Waals surface area contributed by atoms with Crippen LogP contribution in [0.15, 0.2) is 182 Å². The van der Waals surface area contributed by atoms with E-state index in [0.717, 1.165) is 141 Å². The number of carbonyl (C=O) groups excluding carboxylic acids is 2. The second kappa shape index (κ2) is 78.1. The number of hydrogen-bond donors (Lipinski definition) is 1. The molecule has 0 aliphatic heterocycles. The van der Waals surface area contributed by atoms with Gasteiger partial charge in [-0.3, -0.25) is 9.59 Å². The molecule has 0 saturated heterocycles. The maximum Gasteiger partial charge on any atom is 0.361 e. The zero-order valence-electron chi connectivity index (χ0n) is 64.1. The van der Waals surface area contributed by atoms with Gasteiger partial charge in [0.2, 0.25) is 0 Å². The molecule has 0 fully saturated rings. The molecule has 0 amide bonds. The van der Waals surface area contributed by atoms with Crippen molar-refractivity contribution in [3.05, 3.63) is 182 Å². The minimum absolute atomic E-state index is 0.180. The number of esters is 2. The average Bonchev–Trinajstić information content (AvgIpc) is 1.16. The van der Waals surface area contributed by atoms with E-state index >= 15 is 0 Å². The fraction of sp³-hybridized carbons (Fsp3) is 0.633. The summed E-state index contributed by atoms with van der Waals surface area (Å²) >= 11 is 0. The minimum atomic E-state index is -1.52. The molecule has 9 nitrogen and oxygen atoms in total. The molecule has 1 N–H and O–H groups in total. The van der Waals surface area contributed by atoms with E-state index in [0.29, 0.717) is 23.9 Å². The van der Waals surface area contributed by atoms with Gasteiger partial charge >= 0.3 is 17.9 Å². The zero-order chi connectivity index (χ0) is 71.8. The number of hydrogen-bond acceptors (Lipinski definition) is 7. The van der Waals surface area contributed by atoms with Crippen LogP contribution in [0.1, 0.15) is 309 Å². The van der Waals surface area contributed by atoms with Crippen molar-refractivity contribution < 1.29 is 42.9 Å². The lowest BCUT2D eigenvalue weighted by atomic mass is 10.0. The van der Waals surface area contributed by atoms with Crippen molar-refractivity contribution in [2.45, 2.75) is 322 Å². The van der Waals surface area contributed by atoms with E-state index in [4.69, 9.17) is 18.9 Å². The van der Waals surface area contributed by atoms with E-state index in [1.165, 1.54) is 135 Å². The molecule has 0 radical (unpaired) electrons. The molecule has 0 bridgehead atoms. The van der Waals surface area contributed by atoms with Crippen LogP contribution in [0.25, 0.3) is 0 Å². The van der Waals surface area contributed by atoms with Crippen LogP contribution in [0.3, 0.4) is 0 Å². The van der Waals surface area contributed by atoms with E-state index < -0.39 is 24.3 Å². The lowest BCUT2D eigenvalue weighted by Crippen LogP contribution is -2.40. The standard InChI is InChI=1S/C90H147NO8/c1-6-8-10-12-14-16-18-20-22-24-26-28-30-32-34-36-38-40-42-43-44-45-47-48-50-52-54-56-58-60-62-64-66-68-70-72-74-76-78-80-87(92)97-84-86(85-98-90(89(94)95)96-83-82-91(3,4)5)99-88(93)81-79-77-75-73-71-69-67-65-63-61-59-57-55-53-51-49-46-41-39-37-35-33-31-29-27-25-23-21-19-17-15-13-11-9-7-2/h8-11,14-17,20-23,26-29,32-35,38-41,43-44,49,51,55,57,86,90H,6-7,12-13,18-19,24-25,30-31,36-37,42,45-48,50,52-54,56,58-85H2,1-5H3/p+1/b10-8-,11-9-,16-14-,17-15-,22-20-,23-21-,28-26-,29-27-,34-32-,35-33-,40-38-,41-39-,44-43-,51-49-,57-55-. The summed E-state index contributed by atoms with van der Waals surface area (Å²) < 4.78 is 23.0. The van der Waals surface area contributed by atoms with Crippen LogP contribution in [0.5, 0.6) is 0 Å². The Labute approximate surface area is 609 Å². The molecular weight excluding hydrogens is 1220 g/mol. The summed E-state index contributed by atoms with van der Waals surface area (Å²) in [4.78, 5) is 37.8. The lowest BCUT2D eigenvalue weighted by molar-refractivity contribution is -0.870. The Hall–Kier alpha value is -5.61. The molecule has 0 saturated carbocycles. The van der Waals surface area contributed by atoms with Crippen molar-refractivity contribution in [3.63, 3.8) is 0 Å². The molecule has 2 unspecified atom stereocenters. The minimum Gasteiger partial charge on any atom is -0.477 e. The van der Waals surface area contributed by atoms with Gasteiger partial charge in [0.1, 0.15) is 13.2 Å². The van der Waals surface area contributed by atoms with Crippen LogP contribution in [-0.4, -0.2) is 87.4 Å². The largest absolute Gasteiger partial charge is 0.477 e. The number of unbranched alkanes of at least 4 members (excludes halogenated alkanes) is 27. The number of carboxylic acid groups (broad SMARTS) is 1. The molecule has 0 rings (SSSR count). The third kappa shape index (κ3) is 79.6. The highest BCUT2D eigenvalue weighted by molar-refractivity contribution is 5.71. The number of rotatable bonds is 72. The summed E-state index contributed by atoms with van der Waals surface area (Å²) in [6.07, 6.45) is 116. The molecule has 9 heteroatoms. The second-order valence-corrected chi connectivity index (χ2v) is 27.3. The van der Waals surface area contributed by atoms with Crippen LogP contribution in [0.2, 0.25) is 0 Å². The van der Waals surface area contributed by atoms with E-state index in [1.807, 2.05) is 21.1 Å². The molecule has 560 valence electrons. The van der Waals surface area contributed by atoms with Gasteiger partial charge in [0, 0.05) is 12.8 Å². The molecule has 0 spiro atoms. The van der Waals surface area contributed by atoms with Crippen molar-refractivity contribution in [1.82, 2.24) is 0 Å². The molecule has 2 atom stereocenters. The predicted octanol–water partition coefficient (Wildman–Crippen LogP) is 25.9. The third-order valence-electron chi connectivity index (χ3n) is 16.7. The monoisotopic (exact) mass is 1370 g/mol. The van der Waals surface area contributed by atoms with Gasteiger partial charge in [-0.05, 0) is 135 Å². The van der Waals surface area contributed by atoms with Gasteiger partial charge in [-0.2, -0.15) is 0 Å². The molecule has 0 aromatic rings. The molecule has 0 aromatic carbocycles. The topological polar surface area (TPSA) is 108 Å². The smallest absolute Gasteiger partial charge is 0.361 e. The van der Waals surface area contributed by atoms with Crippen LogP contribution in [0.4, 0.5) is 0 Å².